The Labute approximate surface area is 194 Å². The lowest BCUT2D eigenvalue weighted by Gasteiger charge is -2.20. The summed E-state index contributed by atoms with van der Waals surface area (Å²) in [4.78, 5) is 19.8. The van der Waals surface area contributed by atoms with Crippen LogP contribution >= 0.6 is 0 Å². The maximum Gasteiger partial charge on any atom is 0.247 e. The Morgan fingerprint density at radius 2 is 1.97 bits per heavy atom. The van der Waals surface area contributed by atoms with E-state index in [9.17, 15) is 4.79 Å². The van der Waals surface area contributed by atoms with E-state index in [-0.39, 0.29) is 17.9 Å². The smallest absolute Gasteiger partial charge is 0.247 e. The van der Waals surface area contributed by atoms with Gasteiger partial charge in [0, 0.05) is 54.3 Å². The van der Waals surface area contributed by atoms with Gasteiger partial charge in [-0.2, -0.15) is 10.2 Å². The molecule has 0 aliphatic carbocycles. The molecule has 2 unspecified atom stereocenters. The Morgan fingerprint density at radius 3 is 2.73 bits per heavy atom. The molecule has 5 rings (SSSR count). The Bertz CT molecular complexity index is 1180. The quantitative estimate of drug-likeness (QED) is 0.650. The van der Waals surface area contributed by atoms with Gasteiger partial charge in [-0.05, 0) is 49.1 Å². The standard InChI is InChI=1S/C26H30N6O/c1-17(2)23-13-25(30-29-23)26(33)31-10-9-19(15-31)24-12-20(11-18(3)28-24)21-14-27-32(16-21)22-7-5-4-6-8-22/h4-8,11-12,14,16-17,19,25,30H,9-10,13,15H2,1-3H3. The van der Waals surface area contributed by atoms with Gasteiger partial charge < -0.3 is 4.90 Å². The molecule has 3 aromatic rings. The van der Waals surface area contributed by atoms with Crippen LogP contribution in [0, 0.1) is 12.8 Å². The zero-order chi connectivity index (χ0) is 22.9. The van der Waals surface area contributed by atoms with Crippen molar-refractivity contribution in [1.29, 1.82) is 0 Å². The number of nitrogens with one attached hydrogen (secondary N) is 1. The molecule has 1 fully saturated rings. The van der Waals surface area contributed by atoms with E-state index >= 15 is 0 Å². The lowest BCUT2D eigenvalue weighted by Crippen LogP contribution is -2.42. The van der Waals surface area contributed by atoms with Gasteiger partial charge in [-0.25, -0.2) is 4.68 Å². The van der Waals surface area contributed by atoms with Crippen molar-refractivity contribution in [3.8, 4) is 16.8 Å². The Morgan fingerprint density at radius 1 is 1.15 bits per heavy atom. The molecule has 1 amide bonds. The van der Waals surface area contributed by atoms with Crippen LogP contribution in [0.4, 0.5) is 0 Å². The monoisotopic (exact) mass is 442 g/mol. The normalized spacial score (nSPS) is 20.2. The van der Waals surface area contributed by atoms with Crippen molar-refractivity contribution in [1.82, 2.24) is 25.1 Å². The second-order valence-electron chi connectivity index (χ2n) is 9.34. The van der Waals surface area contributed by atoms with Gasteiger partial charge in [0.2, 0.25) is 5.91 Å². The van der Waals surface area contributed by atoms with E-state index in [0.717, 1.165) is 46.9 Å². The number of carbonyl (C=O) groups excluding carboxylic acids is 1. The Hall–Kier alpha value is -3.48. The summed E-state index contributed by atoms with van der Waals surface area (Å²) in [7, 11) is 0. The molecule has 0 radical (unpaired) electrons. The van der Waals surface area contributed by atoms with Gasteiger partial charge in [0.25, 0.3) is 0 Å². The molecule has 0 bridgehead atoms. The maximum atomic E-state index is 13.0. The molecule has 7 nitrogen and oxygen atoms in total. The van der Waals surface area contributed by atoms with Crippen LogP contribution < -0.4 is 5.43 Å². The van der Waals surface area contributed by atoms with Gasteiger partial charge in [0.1, 0.15) is 6.04 Å². The number of hydrogen-bond acceptors (Lipinski definition) is 5. The van der Waals surface area contributed by atoms with E-state index in [4.69, 9.17) is 4.98 Å². The van der Waals surface area contributed by atoms with Gasteiger partial charge in [-0.1, -0.05) is 32.0 Å². The minimum absolute atomic E-state index is 0.147. The van der Waals surface area contributed by atoms with Crippen molar-refractivity contribution < 1.29 is 4.79 Å². The average molecular weight is 443 g/mol. The summed E-state index contributed by atoms with van der Waals surface area (Å²) >= 11 is 0. The number of benzene rings is 1. The SMILES string of the molecule is Cc1cc(-c2cnn(-c3ccccc3)c2)cc(C2CCN(C(=O)C3CC(C(C)C)=NN3)C2)n1. The molecule has 0 saturated carbocycles. The third-order valence-electron chi connectivity index (χ3n) is 6.57. The summed E-state index contributed by atoms with van der Waals surface area (Å²) in [5.41, 5.74) is 9.35. The average Bonchev–Trinajstić information content (AvgIpc) is 3.59. The van der Waals surface area contributed by atoms with Crippen molar-refractivity contribution in [3.63, 3.8) is 0 Å². The number of pyridine rings is 1. The highest BCUT2D eigenvalue weighted by Crippen LogP contribution is 2.31. The van der Waals surface area contributed by atoms with Crippen LogP contribution in [0.5, 0.6) is 0 Å². The molecule has 2 aliphatic rings. The maximum absolute atomic E-state index is 13.0. The Kier molecular flexibility index (Phi) is 5.70. The number of hydrogen-bond donors (Lipinski definition) is 1. The lowest BCUT2D eigenvalue weighted by molar-refractivity contribution is -0.132. The number of carbonyl (C=O) groups is 1. The van der Waals surface area contributed by atoms with Crippen LogP contribution in [0.25, 0.3) is 16.8 Å². The van der Waals surface area contributed by atoms with Gasteiger partial charge in [0.05, 0.1) is 11.9 Å². The van der Waals surface area contributed by atoms with E-state index in [0.29, 0.717) is 18.9 Å². The first-order valence-corrected chi connectivity index (χ1v) is 11.7. The van der Waals surface area contributed by atoms with Crippen LogP contribution in [0.3, 0.4) is 0 Å². The van der Waals surface area contributed by atoms with Crippen LogP contribution in [-0.2, 0) is 4.79 Å². The fraction of sp³-hybridized carbons (Fsp3) is 0.385. The number of rotatable bonds is 5. The summed E-state index contributed by atoms with van der Waals surface area (Å²) < 4.78 is 1.89. The fourth-order valence-electron chi connectivity index (χ4n) is 4.65. The first-order chi connectivity index (χ1) is 16.0. The molecule has 4 heterocycles. The molecule has 1 saturated heterocycles. The molecule has 2 aromatic heterocycles. The topological polar surface area (TPSA) is 75.4 Å². The predicted octanol–water partition coefficient (Wildman–Crippen LogP) is 3.93. The molecule has 2 aliphatic heterocycles. The van der Waals surface area contributed by atoms with E-state index in [1.807, 2.05) is 53.0 Å². The summed E-state index contributed by atoms with van der Waals surface area (Å²) in [5, 5.41) is 8.91. The van der Waals surface area contributed by atoms with Crippen LogP contribution in [0.1, 0.15) is 44.0 Å². The number of para-hydroxylation sites is 1. The second-order valence-corrected chi connectivity index (χ2v) is 9.34. The van der Waals surface area contributed by atoms with Crippen LogP contribution in [0.2, 0.25) is 0 Å². The number of aromatic nitrogens is 3. The Balaban J connectivity index is 1.30. The van der Waals surface area contributed by atoms with E-state index in [2.05, 4.69) is 47.8 Å². The van der Waals surface area contributed by atoms with E-state index in [1.54, 1.807) is 0 Å². The van der Waals surface area contributed by atoms with E-state index in [1.165, 1.54) is 0 Å². The summed E-state index contributed by atoms with van der Waals surface area (Å²) in [6, 6.07) is 14.1. The third kappa shape index (κ3) is 4.40. The molecule has 1 N–H and O–H groups in total. The molecule has 0 spiro atoms. The van der Waals surface area contributed by atoms with Crippen LogP contribution in [0.15, 0.2) is 60.0 Å². The fourth-order valence-corrected chi connectivity index (χ4v) is 4.65. The highest BCUT2D eigenvalue weighted by atomic mass is 16.2. The van der Waals surface area contributed by atoms with Crippen molar-refractivity contribution in [3.05, 3.63) is 66.2 Å². The number of hydrazone groups is 1. The van der Waals surface area contributed by atoms with E-state index < -0.39 is 0 Å². The zero-order valence-corrected chi connectivity index (χ0v) is 19.4. The number of nitrogens with zero attached hydrogens (tertiary/aromatic N) is 5. The van der Waals surface area contributed by atoms with Crippen molar-refractivity contribution in [2.75, 3.05) is 13.1 Å². The minimum Gasteiger partial charge on any atom is -0.340 e. The highest BCUT2D eigenvalue weighted by Gasteiger charge is 2.35. The molecule has 7 heteroatoms. The van der Waals surface area contributed by atoms with Crippen molar-refractivity contribution in [2.24, 2.45) is 11.0 Å². The van der Waals surface area contributed by atoms with Crippen LogP contribution in [-0.4, -0.2) is 50.4 Å². The number of likely N-dealkylation sites (tertiary alicyclic amines) is 1. The highest BCUT2D eigenvalue weighted by molar-refractivity contribution is 5.95. The first-order valence-electron chi connectivity index (χ1n) is 11.7. The minimum atomic E-state index is -0.231. The molecule has 1 aromatic carbocycles. The summed E-state index contributed by atoms with van der Waals surface area (Å²) in [5.74, 6) is 0.750. The van der Waals surface area contributed by atoms with Gasteiger partial charge in [-0.15, -0.1) is 0 Å². The van der Waals surface area contributed by atoms with Gasteiger partial charge in [-0.3, -0.25) is 15.2 Å². The molecule has 33 heavy (non-hydrogen) atoms. The number of aryl methyl sites for hydroxylation is 1. The molecule has 170 valence electrons. The summed E-state index contributed by atoms with van der Waals surface area (Å²) in [6.07, 6.45) is 5.58. The molecular formula is C26H30N6O. The third-order valence-corrected chi connectivity index (χ3v) is 6.57. The number of amides is 1. The zero-order valence-electron chi connectivity index (χ0n) is 19.4. The van der Waals surface area contributed by atoms with Crippen molar-refractivity contribution >= 4 is 11.6 Å². The molecule has 2 atom stereocenters. The van der Waals surface area contributed by atoms with Gasteiger partial charge in [0.15, 0.2) is 0 Å². The first kappa shape index (κ1) is 21.4. The summed E-state index contributed by atoms with van der Waals surface area (Å²) in [6.45, 7) is 7.72. The predicted molar refractivity (Wildman–Crippen MR) is 129 cm³/mol. The van der Waals surface area contributed by atoms with Gasteiger partial charge >= 0.3 is 0 Å². The largest absolute Gasteiger partial charge is 0.340 e. The van der Waals surface area contributed by atoms with Crippen molar-refractivity contribution in [2.45, 2.75) is 45.6 Å². The lowest BCUT2D eigenvalue weighted by atomic mass is 9.99. The second kappa shape index (κ2) is 8.81. The molecular weight excluding hydrogens is 412 g/mol.